The molecular weight excluding hydrogens is 504 g/mol. The molecule has 9 heteroatoms. The Bertz CT molecular complexity index is 1240. The number of esters is 1. The third-order valence-corrected chi connectivity index (χ3v) is 5.04. The third kappa shape index (κ3) is 6.48. The minimum absolute atomic E-state index is 0.0338. The van der Waals surface area contributed by atoms with E-state index in [4.69, 9.17) is 14.2 Å². The first-order chi connectivity index (χ1) is 16.1. The highest BCUT2D eigenvalue weighted by atomic mass is 79.9. The van der Waals surface area contributed by atoms with Gasteiger partial charge in [-0.25, -0.2) is 14.4 Å². The summed E-state index contributed by atoms with van der Waals surface area (Å²) in [6.07, 6.45) is 1.56. The van der Waals surface area contributed by atoms with Crippen molar-refractivity contribution in [2.24, 2.45) is 0 Å². The Labute approximate surface area is 205 Å². The van der Waals surface area contributed by atoms with Crippen LogP contribution < -0.4 is 5.32 Å². The number of hydrogen-bond donors (Lipinski definition) is 1. The minimum atomic E-state index is -0.822. The number of nitrogens with one attached hydrogen (secondary N) is 1. The van der Waals surface area contributed by atoms with Gasteiger partial charge >= 0.3 is 18.2 Å². The first-order valence-electron chi connectivity index (χ1n) is 10.4. The average Bonchev–Trinajstić information content (AvgIpc) is 3.14. The van der Waals surface area contributed by atoms with Crippen LogP contribution in [0.2, 0.25) is 0 Å². The van der Waals surface area contributed by atoms with Crippen LogP contribution in [0.15, 0.2) is 64.9 Å². The fourth-order valence-electron chi connectivity index (χ4n) is 3.09. The second-order valence-corrected chi connectivity index (χ2v) is 9.25. The van der Waals surface area contributed by atoms with E-state index >= 15 is 0 Å². The number of carbonyl (C=O) groups excluding carboxylic acids is 3. The smallest absolute Gasteiger partial charge is 0.419 e. The summed E-state index contributed by atoms with van der Waals surface area (Å²) in [4.78, 5) is 37.5. The summed E-state index contributed by atoms with van der Waals surface area (Å²) in [7, 11) is 1.20. The molecule has 0 saturated heterocycles. The highest BCUT2D eigenvalue weighted by molar-refractivity contribution is 9.10. The van der Waals surface area contributed by atoms with Gasteiger partial charge in [-0.1, -0.05) is 46.3 Å². The predicted octanol–water partition coefficient (Wildman–Crippen LogP) is 5.63. The monoisotopic (exact) mass is 528 g/mol. The molecule has 0 spiro atoms. The number of rotatable bonds is 5. The van der Waals surface area contributed by atoms with Gasteiger partial charge in [-0.05, 0) is 50.6 Å². The molecule has 178 valence electrons. The quantitative estimate of drug-likeness (QED) is 0.262. The van der Waals surface area contributed by atoms with E-state index in [1.807, 2.05) is 30.3 Å². The maximum absolute atomic E-state index is 12.8. The number of benzene rings is 2. The van der Waals surface area contributed by atoms with E-state index in [0.717, 1.165) is 10.0 Å². The molecule has 0 unspecified atom stereocenters. The van der Waals surface area contributed by atoms with Crippen LogP contribution in [0.4, 0.5) is 9.59 Å². The predicted molar refractivity (Wildman–Crippen MR) is 131 cm³/mol. The number of methoxy groups -OCH3 is 1. The molecule has 3 rings (SSSR count). The molecule has 1 amide bonds. The van der Waals surface area contributed by atoms with E-state index in [2.05, 4.69) is 21.2 Å². The van der Waals surface area contributed by atoms with Gasteiger partial charge in [0.1, 0.15) is 17.9 Å². The minimum Gasteiger partial charge on any atom is -0.464 e. The Hall–Kier alpha value is -3.59. The third-order valence-electron chi connectivity index (χ3n) is 4.54. The summed E-state index contributed by atoms with van der Waals surface area (Å²) in [5.41, 5.74) is 1.01. The lowest BCUT2D eigenvalue weighted by Gasteiger charge is -2.19. The van der Waals surface area contributed by atoms with Crippen molar-refractivity contribution >= 4 is 51.1 Å². The Kier molecular flexibility index (Phi) is 7.78. The molecule has 1 heterocycles. The Morgan fingerprint density at radius 2 is 1.79 bits per heavy atom. The Morgan fingerprint density at radius 1 is 1.09 bits per heavy atom. The molecule has 0 aliphatic heterocycles. The number of ether oxygens (including phenoxy) is 3. The van der Waals surface area contributed by atoms with Crippen LogP contribution in [0, 0.1) is 0 Å². The summed E-state index contributed by atoms with van der Waals surface area (Å²) >= 11 is 3.43. The van der Waals surface area contributed by atoms with E-state index in [1.54, 1.807) is 39.0 Å². The zero-order chi connectivity index (χ0) is 24.9. The first-order valence-corrected chi connectivity index (χ1v) is 11.2. The second kappa shape index (κ2) is 10.6. The van der Waals surface area contributed by atoms with E-state index in [0.29, 0.717) is 16.5 Å². The van der Waals surface area contributed by atoms with Gasteiger partial charge in [0.15, 0.2) is 0 Å². The number of fused-ring (bicyclic) bond motifs is 1. The zero-order valence-corrected chi connectivity index (χ0v) is 20.8. The lowest BCUT2D eigenvalue weighted by molar-refractivity contribution is -0.136. The van der Waals surface area contributed by atoms with Gasteiger partial charge < -0.3 is 14.2 Å². The van der Waals surface area contributed by atoms with Crippen LogP contribution in [0.3, 0.4) is 0 Å². The highest BCUT2D eigenvalue weighted by Crippen LogP contribution is 2.28. The molecule has 0 atom stereocenters. The van der Waals surface area contributed by atoms with Crippen molar-refractivity contribution in [1.82, 2.24) is 9.88 Å². The summed E-state index contributed by atoms with van der Waals surface area (Å²) in [6.45, 7) is 5.35. The molecular formula is C25H25BrN2O6. The Morgan fingerprint density at radius 3 is 2.44 bits per heavy atom. The number of aromatic nitrogens is 1. The molecule has 1 N–H and O–H groups in total. The largest absolute Gasteiger partial charge is 0.464 e. The standard InChI is InChI=1S/C25H25BrN2O6/c1-25(2,3)34-24(31)28-14-17(19-13-18(26)10-11-21(19)28)12-20(22(29)32-4)27-23(30)33-15-16-8-6-5-7-9-16/h5-14H,15H2,1-4H3,(H,27,30). The maximum atomic E-state index is 12.8. The molecule has 0 aliphatic rings. The van der Waals surface area contributed by atoms with Gasteiger partial charge in [-0.15, -0.1) is 0 Å². The molecule has 0 bridgehead atoms. The van der Waals surface area contributed by atoms with Crippen molar-refractivity contribution in [3.8, 4) is 0 Å². The normalized spacial score (nSPS) is 11.7. The molecule has 3 aromatic rings. The van der Waals surface area contributed by atoms with Gasteiger partial charge in [-0.2, -0.15) is 0 Å². The van der Waals surface area contributed by atoms with Gasteiger partial charge in [-0.3, -0.25) is 9.88 Å². The number of amides is 1. The summed E-state index contributed by atoms with van der Waals surface area (Å²) in [5.74, 6) is -0.773. The topological polar surface area (TPSA) is 95.9 Å². The maximum Gasteiger partial charge on any atom is 0.419 e. The van der Waals surface area contributed by atoms with Gasteiger partial charge in [0.05, 0.1) is 12.6 Å². The van der Waals surface area contributed by atoms with Gasteiger partial charge in [0.2, 0.25) is 0 Å². The van der Waals surface area contributed by atoms with Crippen molar-refractivity contribution in [3.05, 3.63) is 76.0 Å². The van der Waals surface area contributed by atoms with Crippen LogP contribution in [0.1, 0.15) is 31.9 Å². The summed E-state index contributed by atoms with van der Waals surface area (Å²) in [6, 6.07) is 14.5. The van der Waals surface area contributed by atoms with Crippen LogP contribution >= 0.6 is 15.9 Å². The molecule has 0 saturated carbocycles. The van der Waals surface area contributed by atoms with E-state index in [9.17, 15) is 14.4 Å². The van der Waals surface area contributed by atoms with Crippen molar-refractivity contribution in [2.45, 2.75) is 33.0 Å². The molecule has 0 radical (unpaired) electrons. The first kappa shape index (κ1) is 25.0. The number of halogens is 1. The van der Waals surface area contributed by atoms with E-state index < -0.39 is 23.8 Å². The number of carbonyl (C=O) groups is 3. The van der Waals surface area contributed by atoms with Crippen molar-refractivity contribution < 1.29 is 28.6 Å². The van der Waals surface area contributed by atoms with Crippen molar-refractivity contribution in [1.29, 1.82) is 0 Å². The number of nitrogens with zero attached hydrogens (tertiary/aromatic N) is 1. The molecule has 1 aromatic heterocycles. The molecule has 2 aromatic carbocycles. The lowest BCUT2D eigenvalue weighted by Crippen LogP contribution is -2.28. The van der Waals surface area contributed by atoms with Gasteiger partial charge in [0, 0.05) is 21.6 Å². The highest BCUT2D eigenvalue weighted by Gasteiger charge is 2.22. The molecule has 34 heavy (non-hydrogen) atoms. The summed E-state index contributed by atoms with van der Waals surface area (Å²) < 4.78 is 17.6. The van der Waals surface area contributed by atoms with Crippen LogP contribution in [-0.2, 0) is 25.6 Å². The molecule has 0 aliphatic carbocycles. The van der Waals surface area contributed by atoms with Crippen LogP contribution in [0.5, 0.6) is 0 Å². The van der Waals surface area contributed by atoms with Crippen molar-refractivity contribution in [2.75, 3.05) is 7.11 Å². The number of hydrogen-bond acceptors (Lipinski definition) is 6. The molecule has 8 nitrogen and oxygen atoms in total. The van der Waals surface area contributed by atoms with E-state index in [1.165, 1.54) is 23.9 Å². The lowest BCUT2D eigenvalue weighted by atomic mass is 10.1. The SMILES string of the molecule is COC(=O)C(=Cc1cn(C(=O)OC(C)(C)C)c2ccc(Br)cc12)NC(=O)OCc1ccccc1. The van der Waals surface area contributed by atoms with E-state index in [-0.39, 0.29) is 12.3 Å². The Balaban J connectivity index is 1.94. The summed E-state index contributed by atoms with van der Waals surface area (Å²) in [5, 5.41) is 3.08. The average molecular weight is 529 g/mol. The van der Waals surface area contributed by atoms with Gasteiger partial charge in [0.25, 0.3) is 0 Å². The van der Waals surface area contributed by atoms with Crippen molar-refractivity contribution in [3.63, 3.8) is 0 Å². The molecule has 0 fully saturated rings. The second-order valence-electron chi connectivity index (χ2n) is 8.33. The zero-order valence-electron chi connectivity index (χ0n) is 19.3. The van der Waals surface area contributed by atoms with Crippen LogP contribution in [0.25, 0.3) is 17.0 Å². The van der Waals surface area contributed by atoms with Crippen LogP contribution in [-0.4, -0.2) is 35.4 Å². The number of alkyl carbamates (subject to hydrolysis) is 1. The fraction of sp³-hybridized carbons (Fsp3) is 0.240. The fourth-order valence-corrected chi connectivity index (χ4v) is 3.45.